The van der Waals surface area contributed by atoms with Gasteiger partial charge in [0.15, 0.2) is 11.5 Å². The third-order valence-electron chi connectivity index (χ3n) is 7.17. The van der Waals surface area contributed by atoms with Gasteiger partial charge in [0.05, 0.1) is 38.0 Å². The molecule has 0 aromatic heterocycles. The lowest BCUT2D eigenvalue weighted by atomic mass is 9.95. The number of ketones is 1. The summed E-state index contributed by atoms with van der Waals surface area (Å²) in [4.78, 5) is 30.6. The van der Waals surface area contributed by atoms with E-state index >= 15 is 0 Å². The summed E-state index contributed by atoms with van der Waals surface area (Å²) in [7, 11) is 0. The summed E-state index contributed by atoms with van der Waals surface area (Å²) < 4.78 is 17.4. The minimum atomic E-state index is -0.774. The number of Topliss-reactive ketones (excluding diaryl/α,β-unsaturated/α-hetero) is 1. The van der Waals surface area contributed by atoms with E-state index in [4.69, 9.17) is 25.8 Å². The van der Waals surface area contributed by atoms with E-state index in [0.29, 0.717) is 73.0 Å². The molecule has 2 heterocycles. The lowest BCUT2D eigenvalue weighted by Gasteiger charge is -2.29. The molecule has 216 valence electrons. The van der Waals surface area contributed by atoms with Crippen LogP contribution in [0.4, 0.5) is 0 Å². The third-order valence-corrected chi connectivity index (χ3v) is 7.42. The van der Waals surface area contributed by atoms with Gasteiger partial charge in [0.1, 0.15) is 5.76 Å². The molecule has 2 aliphatic rings. The van der Waals surface area contributed by atoms with E-state index in [1.807, 2.05) is 25.1 Å². The Labute approximate surface area is 241 Å². The fourth-order valence-corrected chi connectivity index (χ4v) is 5.12. The van der Waals surface area contributed by atoms with Crippen molar-refractivity contribution in [3.05, 3.63) is 64.2 Å². The summed E-state index contributed by atoms with van der Waals surface area (Å²) in [5, 5.41) is 11.8. The predicted octanol–water partition coefficient (Wildman–Crippen LogP) is 5.31. The van der Waals surface area contributed by atoms with Crippen LogP contribution in [0.1, 0.15) is 50.8 Å². The zero-order chi connectivity index (χ0) is 28.6. The van der Waals surface area contributed by atoms with Gasteiger partial charge in [0.25, 0.3) is 11.7 Å². The van der Waals surface area contributed by atoms with Crippen molar-refractivity contribution >= 4 is 29.1 Å². The van der Waals surface area contributed by atoms with Gasteiger partial charge in [0.2, 0.25) is 0 Å². The average Bonchev–Trinajstić information content (AvgIpc) is 3.19. The molecule has 1 unspecified atom stereocenters. The lowest BCUT2D eigenvalue weighted by molar-refractivity contribution is -0.140. The van der Waals surface area contributed by atoms with Crippen molar-refractivity contribution in [2.24, 2.45) is 5.92 Å². The largest absolute Gasteiger partial charge is 0.507 e. The Hall–Kier alpha value is -3.07. The first-order chi connectivity index (χ1) is 19.3. The maximum atomic E-state index is 13.4. The number of hydrogen-bond donors (Lipinski definition) is 1. The molecule has 0 radical (unpaired) electrons. The van der Waals surface area contributed by atoms with Crippen LogP contribution in [-0.4, -0.2) is 79.2 Å². The zero-order valence-corrected chi connectivity index (χ0v) is 24.3. The second-order valence-electron chi connectivity index (χ2n) is 10.5. The smallest absolute Gasteiger partial charge is 0.295 e. The molecule has 9 heteroatoms. The minimum absolute atomic E-state index is 0.0506. The van der Waals surface area contributed by atoms with Crippen molar-refractivity contribution in [1.29, 1.82) is 0 Å². The molecule has 2 aliphatic heterocycles. The van der Waals surface area contributed by atoms with Gasteiger partial charge in [-0.25, -0.2) is 0 Å². The maximum Gasteiger partial charge on any atom is 0.295 e. The topological polar surface area (TPSA) is 88.5 Å². The first-order valence-corrected chi connectivity index (χ1v) is 14.4. The molecule has 0 spiro atoms. The number of amides is 1. The summed E-state index contributed by atoms with van der Waals surface area (Å²) >= 11 is 6.05. The molecule has 4 rings (SSSR count). The quantitative estimate of drug-likeness (QED) is 0.210. The van der Waals surface area contributed by atoms with Crippen molar-refractivity contribution < 1.29 is 28.9 Å². The van der Waals surface area contributed by atoms with Gasteiger partial charge in [-0.05, 0) is 67.6 Å². The van der Waals surface area contributed by atoms with E-state index in [0.717, 1.165) is 26.1 Å². The Kier molecular flexibility index (Phi) is 10.5. The summed E-state index contributed by atoms with van der Waals surface area (Å²) in [5.74, 6) is 0.0740. The van der Waals surface area contributed by atoms with Crippen molar-refractivity contribution in [3.63, 3.8) is 0 Å². The number of benzene rings is 2. The normalized spacial score (nSPS) is 19.4. The summed E-state index contributed by atoms with van der Waals surface area (Å²) in [6.45, 7) is 11.4. The highest BCUT2D eigenvalue weighted by Crippen LogP contribution is 2.42. The molecule has 40 heavy (non-hydrogen) atoms. The van der Waals surface area contributed by atoms with Gasteiger partial charge in [-0.2, -0.15) is 0 Å². The number of nitrogens with zero attached hydrogens (tertiary/aromatic N) is 2. The van der Waals surface area contributed by atoms with Crippen molar-refractivity contribution in [2.75, 3.05) is 52.6 Å². The molecule has 2 aromatic carbocycles. The monoisotopic (exact) mass is 570 g/mol. The van der Waals surface area contributed by atoms with Crippen molar-refractivity contribution in [1.82, 2.24) is 9.80 Å². The van der Waals surface area contributed by atoms with E-state index in [9.17, 15) is 14.7 Å². The van der Waals surface area contributed by atoms with Crippen LogP contribution in [-0.2, 0) is 14.3 Å². The average molecular weight is 571 g/mol. The summed E-state index contributed by atoms with van der Waals surface area (Å²) in [6, 6.07) is 11.3. The second-order valence-corrected chi connectivity index (χ2v) is 10.9. The number of carbonyl (C=O) groups excluding carboxylic acids is 2. The highest BCUT2D eigenvalue weighted by molar-refractivity contribution is 6.46. The van der Waals surface area contributed by atoms with Crippen LogP contribution < -0.4 is 9.47 Å². The molecule has 8 nitrogen and oxygen atoms in total. The molecule has 1 atom stereocenters. The summed E-state index contributed by atoms with van der Waals surface area (Å²) in [6.07, 6.45) is 1.58. The number of aliphatic hydroxyl groups is 1. The highest BCUT2D eigenvalue weighted by Gasteiger charge is 2.46. The number of morpholine rings is 1. The van der Waals surface area contributed by atoms with E-state index in [-0.39, 0.29) is 11.3 Å². The second kappa shape index (κ2) is 14.0. The van der Waals surface area contributed by atoms with Crippen molar-refractivity contribution in [3.8, 4) is 11.5 Å². The number of aliphatic hydroxyl groups excluding tert-OH is 1. The van der Waals surface area contributed by atoms with Crippen LogP contribution >= 0.6 is 11.6 Å². The van der Waals surface area contributed by atoms with Gasteiger partial charge < -0.3 is 24.2 Å². The predicted molar refractivity (Wildman–Crippen MR) is 155 cm³/mol. The zero-order valence-electron chi connectivity index (χ0n) is 23.5. The van der Waals surface area contributed by atoms with E-state index in [2.05, 4.69) is 18.7 Å². The molecule has 2 saturated heterocycles. The van der Waals surface area contributed by atoms with Gasteiger partial charge in [-0.3, -0.25) is 14.5 Å². The molecule has 2 fully saturated rings. The summed E-state index contributed by atoms with van der Waals surface area (Å²) in [5.41, 5.74) is 1.13. The van der Waals surface area contributed by atoms with Gasteiger partial charge in [0, 0.05) is 36.8 Å². The van der Waals surface area contributed by atoms with Crippen LogP contribution in [0.3, 0.4) is 0 Å². The number of hydrogen-bond acceptors (Lipinski definition) is 7. The number of carbonyl (C=O) groups is 2. The Morgan fingerprint density at radius 1 is 1.05 bits per heavy atom. The Bertz CT molecular complexity index is 1210. The van der Waals surface area contributed by atoms with Crippen LogP contribution in [0.15, 0.2) is 48.0 Å². The number of likely N-dealkylation sites (tertiary alicyclic amines) is 1. The molecular weight excluding hydrogens is 532 g/mol. The molecule has 0 bridgehead atoms. The van der Waals surface area contributed by atoms with Crippen LogP contribution in [0.2, 0.25) is 5.02 Å². The van der Waals surface area contributed by atoms with Gasteiger partial charge in [-0.1, -0.05) is 31.5 Å². The fourth-order valence-electron chi connectivity index (χ4n) is 5.00. The first-order valence-electron chi connectivity index (χ1n) is 14.0. The fraction of sp³-hybridized carbons (Fsp3) is 0.484. The van der Waals surface area contributed by atoms with Crippen LogP contribution in [0, 0.1) is 5.92 Å². The van der Waals surface area contributed by atoms with Gasteiger partial charge >= 0.3 is 0 Å². The Morgan fingerprint density at radius 3 is 2.45 bits per heavy atom. The van der Waals surface area contributed by atoms with E-state index < -0.39 is 17.7 Å². The van der Waals surface area contributed by atoms with E-state index in [1.165, 1.54) is 0 Å². The highest BCUT2D eigenvalue weighted by atomic mass is 35.5. The number of halogens is 1. The SMILES string of the molecule is CCOc1cc(C2C(=C(O)c3ccc(Cl)cc3)C(=O)C(=O)N2CCCN2CCOCC2)ccc1OCCC(C)C. The van der Waals surface area contributed by atoms with Crippen LogP contribution in [0.5, 0.6) is 11.5 Å². The standard InChI is InChI=1S/C31H39ClN2O6/c1-4-39-26-20-23(8-11-25(26)40-17-12-21(2)3)28-27(29(35)22-6-9-24(32)10-7-22)30(36)31(37)34(28)14-5-13-33-15-18-38-19-16-33/h6-11,20-21,28,35H,4-5,12-19H2,1-3H3. The minimum Gasteiger partial charge on any atom is -0.507 e. The molecular formula is C31H39ClN2O6. The molecule has 1 N–H and O–H groups in total. The number of ether oxygens (including phenoxy) is 3. The molecule has 2 aromatic rings. The molecule has 1 amide bonds. The number of rotatable bonds is 12. The molecule has 0 aliphatic carbocycles. The van der Waals surface area contributed by atoms with E-state index in [1.54, 1.807) is 29.2 Å². The lowest BCUT2D eigenvalue weighted by Crippen LogP contribution is -2.39. The van der Waals surface area contributed by atoms with Crippen LogP contribution in [0.25, 0.3) is 5.76 Å². The first kappa shape index (κ1) is 29.9. The Morgan fingerprint density at radius 2 is 1.77 bits per heavy atom. The Balaban J connectivity index is 1.69. The maximum absolute atomic E-state index is 13.4. The molecule has 0 saturated carbocycles. The third kappa shape index (κ3) is 7.16. The van der Waals surface area contributed by atoms with Crippen molar-refractivity contribution in [2.45, 2.75) is 39.7 Å². The van der Waals surface area contributed by atoms with Gasteiger partial charge in [-0.15, -0.1) is 0 Å².